The summed E-state index contributed by atoms with van der Waals surface area (Å²) in [4.78, 5) is 0. The van der Waals surface area contributed by atoms with Crippen LogP contribution in [0.1, 0.15) is 0 Å². The highest BCUT2D eigenvalue weighted by Gasteiger charge is 3.03. The first-order valence-corrected chi connectivity index (χ1v) is 6.06. The maximum Gasteiger partial charge on any atom is 0.459 e. The number of halogens is 8. The van der Waals surface area contributed by atoms with Gasteiger partial charge in [0.15, 0.2) is 0 Å². The lowest BCUT2D eigenvalue weighted by molar-refractivity contribution is -0.256. The fraction of sp³-hybridized carbons (Fsp3) is 1.00. The molecule has 1 aliphatic rings. The standard InChI is InChI=1S/C2F8O3S2/c3-1(4)2(5,14(11,12)13-1)15(6,7,8,9)10. The van der Waals surface area contributed by atoms with Crippen molar-refractivity contribution < 1.29 is 45.2 Å². The lowest BCUT2D eigenvalue weighted by Gasteiger charge is -2.54. The Labute approximate surface area is 76.8 Å². The normalized spacial score (nSPS) is 38.7. The Morgan fingerprint density at radius 1 is 0.933 bits per heavy atom. The van der Waals surface area contributed by atoms with Gasteiger partial charge in [0.05, 0.1) is 0 Å². The lowest BCUT2D eigenvalue weighted by Crippen LogP contribution is -2.69. The van der Waals surface area contributed by atoms with Gasteiger partial charge in [-0.25, -0.2) is 0 Å². The van der Waals surface area contributed by atoms with E-state index in [1.165, 1.54) is 0 Å². The lowest BCUT2D eigenvalue weighted by atomic mass is 10.7. The quantitative estimate of drug-likeness (QED) is 0.550. The van der Waals surface area contributed by atoms with Crippen LogP contribution in [0.25, 0.3) is 0 Å². The van der Waals surface area contributed by atoms with E-state index in [-0.39, 0.29) is 0 Å². The molecule has 0 aromatic heterocycles. The molecule has 0 amide bonds. The first-order valence-electron chi connectivity index (χ1n) is 2.70. The van der Waals surface area contributed by atoms with Crippen molar-refractivity contribution in [3.05, 3.63) is 0 Å². The summed E-state index contributed by atoms with van der Waals surface area (Å²) < 4.78 is 110. The third-order valence-electron chi connectivity index (χ3n) is 1.38. The highest BCUT2D eigenvalue weighted by atomic mass is 32.5. The molecule has 0 aromatic rings. The second-order valence-corrected chi connectivity index (χ2v) is 6.96. The molecule has 1 atom stereocenters. The maximum absolute atomic E-state index is 12.5. The highest BCUT2D eigenvalue weighted by Crippen LogP contribution is 3.07. The van der Waals surface area contributed by atoms with Crippen LogP contribution in [-0.2, 0) is 14.3 Å². The second-order valence-electron chi connectivity index (χ2n) is 2.56. The van der Waals surface area contributed by atoms with Gasteiger partial charge >= 0.3 is 30.8 Å². The van der Waals surface area contributed by atoms with E-state index in [1.54, 1.807) is 0 Å². The second kappa shape index (κ2) is 1.95. The van der Waals surface area contributed by atoms with E-state index in [4.69, 9.17) is 0 Å². The Kier molecular flexibility index (Phi) is 1.66. The minimum Gasteiger partial charge on any atom is -0.194 e. The molecule has 0 aliphatic carbocycles. The van der Waals surface area contributed by atoms with Gasteiger partial charge in [-0.15, -0.1) is 0 Å². The monoisotopic (exact) mass is 288 g/mol. The zero-order valence-corrected chi connectivity index (χ0v) is 7.70. The molecule has 15 heavy (non-hydrogen) atoms. The third kappa shape index (κ3) is 1.25. The molecule has 0 spiro atoms. The molecular weight excluding hydrogens is 288 g/mol. The Balaban J connectivity index is 3.64. The first-order chi connectivity index (χ1) is 5.95. The molecule has 0 N–H and O–H groups in total. The molecule has 1 saturated heterocycles. The number of hydrogen-bond acceptors (Lipinski definition) is 3. The summed E-state index contributed by atoms with van der Waals surface area (Å²) >= 11 is 0. The van der Waals surface area contributed by atoms with Gasteiger partial charge in [0.25, 0.3) is 0 Å². The van der Waals surface area contributed by atoms with Crippen LogP contribution in [0.4, 0.5) is 32.6 Å². The number of hydrogen-bond donors (Lipinski definition) is 0. The molecule has 13 heteroatoms. The Hall–Kier alpha value is -0.300. The van der Waals surface area contributed by atoms with Crippen LogP contribution in [0, 0.1) is 0 Å². The number of alkyl halides is 3. The van der Waals surface area contributed by atoms with Gasteiger partial charge < -0.3 is 0 Å². The van der Waals surface area contributed by atoms with Crippen molar-refractivity contribution in [1.29, 1.82) is 0 Å². The predicted molar refractivity (Wildman–Crippen MR) is 31.9 cm³/mol. The van der Waals surface area contributed by atoms with E-state index in [1.807, 2.05) is 0 Å². The molecule has 0 aromatic carbocycles. The SMILES string of the molecule is O=S1(=O)OC(F)(F)C1(F)S(F)(F)(F)(F)F. The zero-order chi connectivity index (χ0) is 12.6. The van der Waals surface area contributed by atoms with Crippen LogP contribution in [0.15, 0.2) is 0 Å². The van der Waals surface area contributed by atoms with Crippen molar-refractivity contribution in [1.82, 2.24) is 0 Å². The van der Waals surface area contributed by atoms with Crippen molar-refractivity contribution in [2.45, 2.75) is 10.4 Å². The van der Waals surface area contributed by atoms with Crippen molar-refractivity contribution in [2.24, 2.45) is 0 Å². The molecule has 1 fully saturated rings. The van der Waals surface area contributed by atoms with E-state index < -0.39 is 30.8 Å². The summed E-state index contributed by atoms with van der Waals surface area (Å²) in [5.41, 5.74) is 0. The molecule has 1 unspecified atom stereocenters. The third-order valence-corrected chi connectivity index (χ3v) is 5.48. The van der Waals surface area contributed by atoms with E-state index in [0.29, 0.717) is 0 Å². The molecule has 1 rings (SSSR count). The van der Waals surface area contributed by atoms with Crippen molar-refractivity contribution >= 4 is 20.3 Å². The van der Waals surface area contributed by atoms with Crippen molar-refractivity contribution in [3.8, 4) is 0 Å². The van der Waals surface area contributed by atoms with Gasteiger partial charge in [-0.2, -0.15) is 25.8 Å². The fourth-order valence-corrected chi connectivity index (χ4v) is 3.67. The highest BCUT2D eigenvalue weighted by molar-refractivity contribution is 8.50. The topological polar surface area (TPSA) is 43.4 Å². The summed E-state index contributed by atoms with van der Waals surface area (Å²) in [6.07, 6.45) is -6.16. The van der Waals surface area contributed by atoms with Crippen molar-refractivity contribution in [2.75, 3.05) is 0 Å². The zero-order valence-electron chi connectivity index (χ0n) is 6.06. The molecule has 1 aliphatic heterocycles. The van der Waals surface area contributed by atoms with Gasteiger partial charge in [0, 0.05) is 0 Å². The Morgan fingerprint density at radius 3 is 1.33 bits per heavy atom. The number of rotatable bonds is 1. The summed E-state index contributed by atoms with van der Waals surface area (Å²) in [7, 11) is -18.4. The van der Waals surface area contributed by atoms with Crippen LogP contribution >= 0.6 is 10.2 Å². The van der Waals surface area contributed by atoms with Gasteiger partial charge in [-0.1, -0.05) is 19.4 Å². The maximum atomic E-state index is 12.5. The van der Waals surface area contributed by atoms with Gasteiger partial charge in [0.1, 0.15) is 0 Å². The molecule has 0 radical (unpaired) electrons. The molecule has 1 heterocycles. The minimum atomic E-state index is -11.6. The van der Waals surface area contributed by atoms with Crippen LogP contribution < -0.4 is 0 Å². The summed E-state index contributed by atoms with van der Waals surface area (Å²) in [5.74, 6) is 0. The Morgan fingerprint density at radius 2 is 1.27 bits per heavy atom. The minimum absolute atomic E-state index is 2.18. The van der Waals surface area contributed by atoms with E-state index in [0.717, 1.165) is 0 Å². The molecule has 3 nitrogen and oxygen atoms in total. The van der Waals surface area contributed by atoms with E-state index >= 15 is 0 Å². The molecule has 0 bridgehead atoms. The average molecular weight is 288 g/mol. The van der Waals surface area contributed by atoms with Gasteiger partial charge in [-0.05, 0) is 0 Å². The van der Waals surface area contributed by atoms with Gasteiger partial charge in [0.2, 0.25) is 0 Å². The first kappa shape index (κ1) is 12.8. The van der Waals surface area contributed by atoms with Gasteiger partial charge in [-0.3, -0.25) is 0 Å². The molecule has 0 saturated carbocycles. The predicted octanol–water partition coefficient (Wildman–Crippen LogP) is 2.86. The van der Waals surface area contributed by atoms with Crippen LogP contribution in [-0.4, -0.2) is 18.9 Å². The van der Waals surface area contributed by atoms with Crippen molar-refractivity contribution in [3.63, 3.8) is 0 Å². The average Bonchev–Trinajstić information content (AvgIpc) is 1.76. The largest absolute Gasteiger partial charge is 0.459 e. The molecule has 94 valence electrons. The van der Waals surface area contributed by atoms with E-state index in [2.05, 4.69) is 4.18 Å². The van der Waals surface area contributed by atoms with Crippen LogP contribution in [0.5, 0.6) is 0 Å². The smallest absolute Gasteiger partial charge is 0.194 e. The van der Waals surface area contributed by atoms with Crippen LogP contribution in [0.3, 0.4) is 0 Å². The van der Waals surface area contributed by atoms with Crippen LogP contribution in [0.2, 0.25) is 0 Å². The molecular formula is C2F8O3S2. The summed E-state index contributed by atoms with van der Waals surface area (Å²) in [5, 5.41) is 0. The summed E-state index contributed by atoms with van der Waals surface area (Å²) in [6, 6.07) is 0. The fourth-order valence-electron chi connectivity index (χ4n) is 0.770. The van der Waals surface area contributed by atoms with E-state index in [9.17, 15) is 41.0 Å². The summed E-state index contributed by atoms with van der Waals surface area (Å²) in [6.45, 7) is 0. The Bertz CT molecular complexity index is 418.